The lowest BCUT2D eigenvalue weighted by molar-refractivity contribution is -0.122. The van der Waals surface area contributed by atoms with E-state index in [0.29, 0.717) is 36.0 Å². The lowest BCUT2D eigenvalue weighted by Crippen LogP contribution is -2.54. The van der Waals surface area contributed by atoms with Gasteiger partial charge in [0.2, 0.25) is 0 Å². The zero-order valence-electron chi connectivity index (χ0n) is 18.9. The molecule has 0 bridgehead atoms. The Morgan fingerprint density at radius 2 is 1.68 bits per heavy atom. The standard InChI is InChI=1S/C27H24N2O4S/c1-3-32-24-16-20(13-14-23(24)33-17-19-11-9-18(2)10-12-19)15-22-25(30)28-27(34)29(26(22)31)21-7-5-4-6-8-21/h4-16H,3,17H2,1-2H3,(H,28,30,34)/b22-15-. The zero-order chi connectivity index (χ0) is 24.1. The van der Waals surface area contributed by atoms with Crippen LogP contribution in [0.15, 0.2) is 78.4 Å². The Labute approximate surface area is 203 Å². The maximum Gasteiger partial charge on any atom is 0.270 e. The SMILES string of the molecule is CCOc1cc(/C=C2/C(=O)NC(=S)N(c3ccccc3)C2=O)ccc1OCc1ccc(C)cc1. The molecule has 4 rings (SSSR count). The highest BCUT2D eigenvalue weighted by Crippen LogP contribution is 2.31. The summed E-state index contributed by atoms with van der Waals surface area (Å²) in [6.45, 7) is 4.75. The largest absolute Gasteiger partial charge is 0.490 e. The van der Waals surface area contributed by atoms with Gasteiger partial charge in [-0.3, -0.25) is 19.8 Å². The van der Waals surface area contributed by atoms with Crippen LogP contribution in [-0.4, -0.2) is 23.5 Å². The van der Waals surface area contributed by atoms with Crippen LogP contribution in [0.4, 0.5) is 5.69 Å². The molecule has 6 nitrogen and oxygen atoms in total. The van der Waals surface area contributed by atoms with E-state index in [1.807, 2.05) is 44.2 Å². The molecule has 0 unspecified atom stereocenters. The van der Waals surface area contributed by atoms with Crippen LogP contribution in [0.5, 0.6) is 11.5 Å². The summed E-state index contributed by atoms with van der Waals surface area (Å²) in [5.74, 6) is 0.0802. The minimum Gasteiger partial charge on any atom is -0.490 e. The smallest absolute Gasteiger partial charge is 0.270 e. The summed E-state index contributed by atoms with van der Waals surface area (Å²) < 4.78 is 11.7. The number of thiocarbonyl (C=S) groups is 1. The molecule has 1 aliphatic rings. The number of hydrogen-bond acceptors (Lipinski definition) is 5. The summed E-state index contributed by atoms with van der Waals surface area (Å²) in [5.41, 5.74) is 3.42. The third-order valence-electron chi connectivity index (χ3n) is 5.21. The molecular formula is C27H24N2O4S. The molecular weight excluding hydrogens is 448 g/mol. The minimum atomic E-state index is -0.542. The monoisotopic (exact) mass is 472 g/mol. The van der Waals surface area contributed by atoms with Gasteiger partial charge in [0, 0.05) is 0 Å². The molecule has 0 aliphatic carbocycles. The normalized spacial score (nSPS) is 14.8. The fourth-order valence-corrected chi connectivity index (χ4v) is 3.76. The third-order valence-corrected chi connectivity index (χ3v) is 5.49. The number of anilines is 1. The predicted molar refractivity (Wildman–Crippen MR) is 136 cm³/mol. The minimum absolute atomic E-state index is 0.0202. The Morgan fingerprint density at radius 1 is 0.941 bits per heavy atom. The number of rotatable bonds is 7. The second-order valence-electron chi connectivity index (χ2n) is 7.71. The Morgan fingerprint density at radius 3 is 2.38 bits per heavy atom. The van der Waals surface area contributed by atoms with Crippen molar-refractivity contribution in [2.75, 3.05) is 11.5 Å². The molecule has 1 N–H and O–H groups in total. The molecule has 1 heterocycles. The van der Waals surface area contributed by atoms with E-state index in [2.05, 4.69) is 5.32 Å². The highest BCUT2D eigenvalue weighted by Gasteiger charge is 2.34. The Kier molecular flexibility index (Phi) is 7.04. The molecule has 3 aromatic rings. The van der Waals surface area contributed by atoms with Crippen molar-refractivity contribution in [3.63, 3.8) is 0 Å². The Bertz CT molecular complexity index is 1250. The van der Waals surface area contributed by atoms with E-state index >= 15 is 0 Å². The number of para-hydroxylation sites is 1. The number of nitrogens with one attached hydrogen (secondary N) is 1. The first-order chi connectivity index (χ1) is 16.5. The fourth-order valence-electron chi connectivity index (χ4n) is 3.48. The van der Waals surface area contributed by atoms with Crippen molar-refractivity contribution >= 4 is 40.9 Å². The predicted octanol–water partition coefficient (Wildman–Crippen LogP) is 4.80. The van der Waals surface area contributed by atoms with Crippen LogP contribution in [-0.2, 0) is 16.2 Å². The van der Waals surface area contributed by atoms with Crippen LogP contribution in [0.2, 0.25) is 0 Å². The number of amides is 2. The molecule has 0 aromatic heterocycles. The number of ether oxygens (including phenoxy) is 2. The van der Waals surface area contributed by atoms with Gasteiger partial charge in [0.1, 0.15) is 12.2 Å². The van der Waals surface area contributed by atoms with E-state index in [9.17, 15) is 9.59 Å². The molecule has 0 atom stereocenters. The van der Waals surface area contributed by atoms with Gasteiger partial charge in [-0.1, -0.05) is 54.1 Å². The van der Waals surface area contributed by atoms with Crippen molar-refractivity contribution in [2.45, 2.75) is 20.5 Å². The van der Waals surface area contributed by atoms with Gasteiger partial charge in [-0.05, 0) is 67.5 Å². The molecule has 1 aliphatic heterocycles. The summed E-state index contributed by atoms with van der Waals surface area (Å²) in [7, 11) is 0. The summed E-state index contributed by atoms with van der Waals surface area (Å²) in [4.78, 5) is 27.1. The van der Waals surface area contributed by atoms with Crippen molar-refractivity contribution in [1.29, 1.82) is 0 Å². The van der Waals surface area contributed by atoms with E-state index in [0.717, 1.165) is 5.56 Å². The lowest BCUT2D eigenvalue weighted by atomic mass is 10.1. The van der Waals surface area contributed by atoms with Crippen molar-refractivity contribution in [1.82, 2.24) is 5.32 Å². The summed E-state index contributed by atoms with van der Waals surface area (Å²) in [6.07, 6.45) is 1.53. The van der Waals surface area contributed by atoms with Crippen molar-refractivity contribution in [2.24, 2.45) is 0 Å². The highest BCUT2D eigenvalue weighted by atomic mass is 32.1. The van der Waals surface area contributed by atoms with Gasteiger partial charge >= 0.3 is 0 Å². The first-order valence-corrected chi connectivity index (χ1v) is 11.3. The van der Waals surface area contributed by atoms with Gasteiger partial charge in [-0.2, -0.15) is 0 Å². The van der Waals surface area contributed by atoms with Crippen molar-refractivity contribution < 1.29 is 19.1 Å². The molecule has 34 heavy (non-hydrogen) atoms. The summed E-state index contributed by atoms with van der Waals surface area (Å²) >= 11 is 5.24. The molecule has 1 fully saturated rings. The zero-order valence-corrected chi connectivity index (χ0v) is 19.7. The van der Waals surface area contributed by atoms with Gasteiger partial charge < -0.3 is 9.47 Å². The highest BCUT2D eigenvalue weighted by molar-refractivity contribution is 7.80. The second-order valence-corrected chi connectivity index (χ2v) is 8.09. The van der Waals surface area contributed by atoms with Gasteiger partial charge in [0.05, 0.1) is 12.3 Å². The first kappa shape index (κ1) is 23.2. The van der Waals surface area contributed by atoms with Crippen LogP contribution < -0.4 is 19.7 Å². The number of carbonyl (C=O) groups excluding carboxylic acids is 2. The molecule has 0 spiro atoms. The average molecular weight is 473 g/mol. The van der Waals surface area contributed by atoms with E-state index in [4.69, 9.17) is 21.7 Å². The topological polar surface area (TPSA) is 67.9 Å². The summed E-state index contributed by atoms with van der Waals surface area (Å²) in [5, 5.41) is 2.64. The number of benzene rings is 3. The molecule has 0 radical (unpaired) electrons. The Hall–Kier alpha value is -3.97. The first-order valence-electron chi connectivity index (χ1n) is 10.9. The molecule has 2 amide bonds. The van der Waals surface area contributed by atoms with E-state index in [1.165, 1.54) is 16.5 Å². The number of aryl methyl sites for hydroxylation is 1. The van der Waals surface area contributed by atoms with E-state index in [1.54, 1.807) is 42.5 Å². The third kappa shape index (κ3) is 5.15. The van der Waals surface area contributed by atoms with Crippen LogP contribution in [0.25, 0.3) is 6.08 Å². The molecule has 0 saturated carbocycles. The Balaban J connectivity index is 1.60. The van der Waals surface area contributed by atoms with Crippen LogP contribution >= 0.6 is 12.2 Å². The van der Waals surface area contributed by atoms with Gasteiger partial charge in [0.15, 0.2) is 16.6 Å². The van der Waals surface area contributed by atoms with Crippen LogP contribution in [0, 0.1) is 6.92 Å². The second kappa shape index (κ2) is 10.3. The molecule has 7 heteroatoms. The van der Waals surface area contributed by atoms with Gasteiger partial charge in [-0.15, -0.1) is 0 Å². The van der Waals surface area contributed by atoms with Gasteiger partial charge in [-0.25, -0.2) is 0 Å². The van der Waals surface area contributed by atoms with Gasteiger partial charge in [0.25, 0.3) is 11.8 Å². The average Bonchev–Trinajstić information content (AvgIpc) is 2.83. The molecule has 172 valence electrons. The summed E-state index contributed by atoms with van der Waals surface area (Å²) in [6, 6.07) is 22.4. The number of carbonyl (C=O) groups is 2. The number of hydrogen-bond donors (Lipinski definition) is 1. The van der Waals surface area contributed by atoms with Crippen LogP contribution in [0.1, 0.15) is 23.6 Å². The fraction of sp³-hybridized carbons (Fsp3) is 0.148. The number of nitrogens with zero attached hydrogens (tertiary/aromatic N) is 1. The van der Waals surface area contributed by atoms with E-state index in [-0.39, 0.29) is 10.7 Å². The lowest BCUT2D eigenvalue weighted by Gasteiger charge is -2.28. The van der Waals surface area contributed by atoms with E-state index < -0.39 is 11.8 Å². The van der Waals surface area contributed by atoms with Crippen molar-refractivity contribution in [3.8, 4) is 11.5 Å². The quantitative estimate of drug-likeness (QED) is 0.304. The molecule has 3 aromatic carbocycles. The maximum atomic E-state index is 13.2. The maximum absolute atomic E-state index is 13.2. The molecule has 1 saturated heterocycles. The van der Waals surface area contributed by atoms with Crippen LogP contribution in [0.3, 0.4) is 0 Å². The van der Waals surface area contributed by atoms with Crippen molar-refractivity contribution in [3.05, 3.63) is 95.1 Å².